The third-order valence-corrected chi connectivity index (χ3v) is 15.5. The van der Waals surface area contributed by atoms with Crippen LogP contribution in [-0.2, 0) is 18.3 Å². The number of furan rings is 2. The Hall–Kier alpha value is -8.60. The molecule has 71 heavy (non-hydrogen) atoms. The third-order valence-electron chi connectivity index (χ3n) is 15.5. The van der Waals surface area contributed by atoms with Gasteiger partial charge in [0.1, 0.15) is 11.2 Å². The van der Waals surface area contributed by atoms with Gasteiger partial charge in [-0.3, -0.25) is 0 Å². The lowest BCUT2D eigenvalue weighted by Crippen LogP contribution is -2.16. The van der Waals surface area contributed by atoms with Crippen LogP contribution in [0.4, 0.5) is 34.1 Å². The fourth-order valence-corrected chi connectivity index (χ4v) is 12.4. The topological polar surface area (TPSA) is 32.8 Å². The van der Waals surface area contributed by atoms with Crippen LogP contribution in [-0.4, -0.2) is 0 Å². The highest BCUT2D eigenvalue weighted by Crippen LogP contribution is 2.57. The molecule has 4 nitrogen and oxygen atoms in total. The van der Waals surface area contributed by atoms with Crippen LogP contribution in [0.5, 0.6) is 0 Å². The van der Waals surface area contributed by atoms with Crippen LogP contribution in [0.2, 0.25) is 0 Å². The summed E-state index contributed by atoms with van der Waals surface area (Å²) in [4.78, 5) is 4.73. The molecule has 14 rings (SSSR count). The highest BCUT2D eigenvalue weighted by atomic mass is 16.3. The average Bonchev–Trinajstić information content (AvgIpc) is 4.09. The number of para-hydroxylation sites is 6. The molecule has 1 aliphatic carbocycles. The molecule has 13 aromatic rings. The van der Waals surface area contributed by atoms with E-state index >= 15 is 0 Å². The largest absolute Gasteiger partial charge is 0.454 e. The van der Waals surface area contributed by atoms with E-state index in [0.717, 1.165) is 90.8 Å². The molecule has 340 valence electrons. The van der Waals surface area contributed by atoms with Crippen LogP contribution in [0.25, 0.3) is 87.3 Å². The Morgan fingerprint density at radius 3 is 1.39 bits per heavy atom. The molecule has 0 saturated carbocycles. The average molecular weight is 915 g/mol. The van der Waals surface area contributed by atoms with E-state index in [9.17, 15) is 0 Å². The van der Waals surface area contributed by atoms with E-state index in [1.165, 1.54) is 65.7 Å². The first kappa shape index (κ1) is 41.4. The van der Waals surface area contributed by atoms with Crippen molar-refractivity contribution in [3.05, 3.63) is 229 Å². The predicted octanol–water partition coefficient (Wildman–Crippen LogP) is 19.3. The SMILES string of the molecule is CCc1cccc2c1oc1c(N(c3ccccc3)c3ccc4c5c(ccc4c3)-c3c(c4ccc(N(c6ccccc6)c6cccc7c6oc6c(CC)cccc67)cc4c4ccccc34)C5(C)C)cccc12. The molecule has 0 unspecified atom stereocenters. The molecular formula is C67H50N2O2. The van der Waals surface area contributed by atoms with Gasteiger partial charge in [-0.05, 0) is 139 Å². The first-order valence-corrected chi connectivity index (χ1v) is 25.0. The maximum atomic E-state index is 6.90. The van der Waals surface area contributed by atoms with Crippen molar-refractivity contribution in [3.63, 3.8) is 0 Å². The van der Waals surface area contributed by atoms with Crippen molar-refractivity contribution in [2.75, 3.05) is 9.80 Å². The van der Waals surface area contributed by atoms with Crippen LogP contribution in [0.1, 0.15) is 49.9 Å². The molecule has 0 bridgehead atoms. The zero-order chi connectivity index (χ0) is 47.5. The van der Waals surface area contributed by atoms with E-state index in [0.29, 0.717) is 0 Å². The Balaban J connectivity index is 0.944. The van der Waals surface area contributed by atoms with Crippen molar-refractivity contribution < 1.29 is 8.83 Å². The summed E-state index contributed by atoms with van der Waals surface area (Å²) in [5.41, 5.74) is 17.6. The van der Waals surface area contributed by atoms with Crippen LogP contribution >= 0.6 is 0 Å². The Labute approximate surface area is 412 Å². The van der Waals surface area contributed by atoms with E-state index in [1.54, 1.807) is 0 Å². The van der Waals surface area contributed by atoms with Gasteiger partial charge in [-0.25, -0.2) is 0 Å². The minimum absolute atomic E-state index is 0.318. The van der Waals surface area contributed by atoms with Crippen molar-refractivity contribution in [1.82, 2.24) is 0 Å². The number of benzene rings is 11. The van der Waals surface area contributed by atoms with Gasteiger partial charge in [0.15, 0.2) is 11.2 Å². The van der Waals surface area contributed by atoms with Crippen LogP contribution in [0.3, 0.4) is 0 Å². The third kappa shape index (κ3) is 6.04. The van der Waals surface area contributed by atoms with Gasteiger partial charge in [-0.15, -0.1) is 0 Å². The summed E-state index contributed by atoms with van der Waals surface area (Å²) in [6.07, 6.45) is 1.81. The lowest BCUT2D eigenvalue weighted by atomic mass is 9.77. The molecule has 0 radical (unpaired) electrons. The molecule has 11 aromatic carbocycles. The zero-order valence-corrected chi connectivity index (χ0v) is 40.3. The van der Waals surface area contributed by atoms with E-state index in [-0.39, 0.29) is 5.41 Å². The van der Waals surface area contributed by atoms with Crippen molar-refractivity contribution in [2.45, 2.75) is 46.0 Å². The van der Waals surface area contributed by atoms with Crippen molar-refractivity contribution >= 4 is 110 Å². The highest BCUT2D eigenvalue weighted by Gasteiger charge is 2.40. The fourth-order valence-electron chi connectivity index (χ4n) is 12.4. The Bertz CT molecular complexity index is 4290. The number of hydrogen-bond acceptors (Lipinski definition) is 4. The van der Waals surface area contributed by atoms with Crippen LogP contribution < -0.4 is 9.80 Å². The molecule has 0 amide bonds. The molecule has 0 aliphatic heterocycles. The minimum atomic E-state index is -0.318. The van der Waals surface area contributed by atoms with Crippen molar-refractivity contribution in [2.24, 2.45) is 0 Å². The van der Waals surface area contributed by atoms with E-state index in [1.807, 2.05) is 0 Å². The summed E-state index contributed by atoms with van der Waals surface area (Å²) in [5.74, 6) is 0. The molecule has 1 aliphatic rings. The van der Waals surface area contributed by atoms with Crippen LogP contribution in [0.15, 0.2) is 215 Å². The van der Waals surface area contributed by atoms with Crippen molar-refractivity contribution in [1.29, 1.82) is 0 Å². The highest BCUT2D eigenvalue weighted by molar-refractivity contribution is 6.21. The zero-order valence-electron chi connectivity index (χ0n) is 40.3. The number of aryl methyl sites for hydroxylation is 2. The van der Waals surface area contributed by atoms with Gasteiger partial charge in [0.2, 0.25) is 0 Å². The first-order valence-electron chi connectivity index (χ1n) is 25.0. The van der Waals surface area contributed by atoms with Crippen molar-refractivity contribution in [3.8, 4) is 11.1 Å². The number of fused-ring (bicyclic) bond motifs is 16. The molecular weight excluding hydrogens is 865 g/mol. The lowest BCUT2D eigenvalue weighted by Gasteiger charge is -2.28. The summed E-state index contributed by atoms with van der Waals surface area (Å²) in [6, 6.07) is 75.4. The minimum Gasteiger partial charge on any atom is -0.454 e. The number of nitrogens with zero attached hydrogens (tertiary/aromatic N) is 2. The summed E-state index contributed by atoms with van der Waals surface area (Å²) >= 11 is 0. The second kappa shape index (κ2) is 15.7. The summed E-state index contributed by atoms with van der Waals surface area (Å²) in [6.45, 7) is 9.25. The van der Waals surface area contributed by atoms with Gasteiger partial charge in [0.25, 0.3) is 0 Å². The molecule has 0 spiro atoms. The second-order valence-electron chi connectivity index (χ2n) is 19.7. The summed E-state index contributed by atoms with van der Waals surface area (Å²) in [7, 11) is 0. The molecule has 0 saturated heterocycles. The first-order chi connectivity index (χ1) is 34.9. The number of hydrogen-bond donors (Lipinski definition) is 0. The van der Waals surface area contributed by atoms with Gasteiger partial charge in [0.05, 0.1) is 11.4 Å². The number of rotatable bonds is 8. The van der Waals surface area contributed by atoms with Gasteiger partial charge in [-0.1, -0.05) is 173 Å². The molecule has 0 fully saturated rings. The van der Waals surface area contributed by atoms with Gasteiger partial charge in [0, 0.05) is 49.7 Å². The quantitative estimate of drug-likeness (QED) is 0.142. The lowest BCUT2D eigenvalue weighted by molar-refractivity contribution is 0.663. The molecule has 0 N–H and O–H groups in total. The van der Waals surface area contributed by atoms with Gasteiger partial charge < -0.3 is 18.6 Å². The van der Waals surface area contributed by atoms with E-state index < -0.39 is 0 Å². The standard InChI is InChI=1S/C67H50N2O2/c1-5-41-19-15-27-52-54-29-17-31-58(65(54)70-63(41)52)68(44-21-9-7-10-22-44)46-34-37-48-43(39-46)33-36-56-60-50-26-14-13-25-49(50)57-40-47(35-38-51(57)62(60)67(3,4)61(48)56)69(45-23-11-8-12-24-45)59-32-18-30-55-53-28-16-20-42(6-2)64(53)71-66(55)59/h7-40H,5-6H2,1-4H3. The maximum Gasteiger partial charge on any atom is 0.159 e. The normalized spacial score (nSPS) is 13.0. The molecule has 0 atom stereocenters. The van der Waals surface area contributed by atoms with E-state index in [4.69, 9.17) is 8.83 Å². The summed E-state index contributed by atoms with van der Waals surface area (Å²) in [5, 5.41) is 12.1. The fraction of sp³-hybridized carbons (Fsp3) is 0.104. The van der Waals surface area contributed by atoms with Gasteiger partial charge >= 0.3 is 0 Å². The second-order valence-corrected chi connectivity index (χ2v) is 19.7. The Kier molecular flexibility index (Phi) is 9.16. The number of anilines is 6. The smallest absolute Gasteiger partial charge is 0.159 e. The Morgan fingerprint density at radius 1 is 0.352 bits per heavy atom. The molecule has 2 aromatic heterocycles. The summed E-state index contributed by atoms with van der Waals surface area (Å²) < 4.78 is 13.8. The predicted molar refractivity (Wildman–Crippen MR) is 299 cm³/mol. The molecule has 4 heteroatoms. The monoisotopic (exact) mass is 914 g/mol. The van der Waals surface area contributed by atoms with E-state index in [2.05, 4.69) is 244 Å². The molecule has 2 heterocycles. The van der Waals surface area contributed by atoms with Crippen LogP contribution in [0, 0.1) is 0 Å². The van der Waals surface area contributed by atoms with Gasteiger partial charge in [-0.2, -0.15) is 0 Å². The Morgan fingerprint density at radius 2 is 0.831 bits per heavy atom. The maximum absolute atomic E-state index is 6.90.